The number of alkyl halides is 1. The van der Waals surface area contributed by atoms with Crippen LogP contribution in [0.5, 0.6) is 0 Å². The number of amidine groups is 1. The van der Waals surface area contributed by atoms with E-state index in [1.54, 1.807) is 12.1 Å². The molecule has 0 saturated carbocycles. The van der Waals surface area contributed by atoms with Crippen molar-refractivity contribution in [3.05, 3.63) is 486 Å². The molecule has 0 amide bonds. The number of nitrogens with two attached hydrogens (primary N) is 1. The third kappa shape index (κ3) is 22.9. The van der Waals surface area contributed by atoms with E-state index in [0.717, 1.165) is 83.0 Å². The third-order valence-corrected chi connectivity index (χ3v) is 24.5. The van der Waals surface area contributed by atoms with Crippen LogP contribution in [-0.2, 0) is 16.1 Å². The van der Waals surface area contributed by atoms with Crippen LogP contribution >= 0.6 is 44.3 Å². The summed E-state index contributed by atoms with van der Waals surface area (Å²) in [7, 11) is -1.00. The average molecular weight is 2030 g/mol. The predicted octanol–water partition coefficient (Wildman–Crippen LogP) is 23.2. The summed E-state index contributed by atoms with van der Waals surface area (Å²) in [6.07, 6.45) is 1.86. The van der Waals surface area contributed by atoms with E-state index < -0.39 is 7.15 Å². The van der Waals surface area contributed by atoms with Gasteiger partial charge in [0, 0.05) is 103 Å². The number of nitrogen functional groups attached to an aromatic ring is 1. The Balaban J connectivity index is 0.000000157. The maximum Gasteiger partial charge on any atom is 1.00 e. The van der Waals surface area contributed by atoms with Crippen LogP contribution in [0.1, 0.15) is 29.8 Å². The molecule has 0 spiro atoms. The third-order valence-electron chi connectivity index (χ3n) is 23.5. The Kier molecular flexibility index (Phi) is 34.3. The van der Waals surface area contributed by atoms with Crippen LogP contribution in [0.25, 0.3) is 184 Å². The van der Waals surface area contributed by atoms with Crippen molar-refractivity contribution in [2.24, 2.45) is 5.73 Å². The second-order valence-electron chi connectivity index (χ2n) is 31.9. The largest absolute Gasteiger partial charge is 1.00 e. The first-order chi connectivity index (χ1) is 67.9. The van der Waals surface area contributed by atoms with Crippen LogP contribution in [0.4, 0.5) is 4.39 Å². The van der Waals surface area contributed by atoms with Crippen molar-refractivity contribution in [1.82, 2.24) is 43.6 Å². The Labute approximate surface area is 920 Å². The smallest absolute Gasteiger partial charge is 1.00 e. The van der Waals surface area contributed by atoms with Crippen molar-refractivity contribution in [2.75, 3.05) is 7.15 Å². The Morgan fingerprint density at radius 2 is 0.629 bits per heavy atom. The van der Waals surface area contributed by atoms with E-state index in [2.05, 4.69) is 310 Å². The number of hydrogen-bond acceptors (Lipinski definition) is 11. The second kappa shape index (κ2) is 48.3. The SMILES string of the molecule is Brc1cccc(-c2nc(-c3ccccc3)nc(-c3ccccc3)n2)c1.Cl.N=C(N)c1ccccc1.O=CO[O-].O=Cc1cccc(Br)c1.[2H]CF.[H-].[K+].[K+].c1ccc(-c2nc(-c3ccccc3)nc(-c3cccc(-n4c5ccccc5c5cc(-c6ccc7c(c6)c6ccccc6n7-c6ccccc6)ccc54)c3)n2)cc1.c1ccc(-n2c3ccccc3c3cc(-c4ccc5c(c4)-c4ccccc4C5)ccc32)cc1. The number of aldehydes is 1. The molecule has 140 heavy (non-hydrogen) atoms. The number of carbonyl (C=O) groups is 2. The number of nitrogens with zero attached hydrogens (tertiary/aromatic N) is 9. The standard InChI is InChI=1S/C51H33N5.C31H21N.C21H14BrN3.C7H5BrO.C7H8N2.CH3F.CH2O3.ClH.2K.H/c1-4-15-34(16-5-1)49-52-50(35-17-6-2-7-18-35)54-51(53-49)38-19-14-22-40(31-38)56-46-26-13-11-24-42(46)44-33-37(28-30-48(44)56)36-27-29-47-43(32-36)41-23-10-12-25-45(41)55(47)39-20-8-3-9-21-39;1-2-9-25(10-3-1)32-30-13-7-6-12-27(30)29-20-22(16-17-31(29)32)21-14-15-24-18-23-8-4-5-11-26(23)28(24)19-21;22-18-13-7-12-17(14-18)21-24-19(15-8-3-1-4-9-15)23-20(25-21)16-10-5-2-6-11-16;8-7-3-1-2-6(4-7)5-9;8-7(9)6-4-2-1-3-5-6;1-2;2-1-4-3;;;;/h1-33H;1-17,19-20H,18H2;1-14H;1-5H;1-5H,(H3,8,9);1H3;1,3H;1H;;;/q;;;;;;;;2*+1;-1/p-1/i;;;;;1D;;;;;. The second-order valence-corrected chi connectivity index (χ2v) is 33.7. The molecule has 5 aromatic heterocycles. The summed E-state index contributed by atoms with van der Waals surface area (Å²) < 4.78 is 24.5. The van der Waals surface area contributed by atoms with Crippen molar-refractivity contribution in [3.63, 3.8) is 0 Å². The van der Waals surface area contributed by atoms with Crippen LogP contribution in [0, 0.1) is 5.41 Å². The van der Waals surface area contributed by atoms with Gasteiger partial charge in [-0.2, -0.15) is 0 Å². The predicted molar refractivity (Wildman–Crippen MR) is 568 cm³/mol. The Hall–Kier alpha value is -13.6. The summed E-state index contributed by atoms with van der Waals surface area (Å²) in [6.45, 7) is -0.181. The van der Waals surface area contributed by atoms with Gasteiger partial charge >= 0.3 is 103 Å². The molecule has 0 bridgehead atoms. The minimum atomic E-state index is -1.00. The van der Waals surface area contributed by atoms with Crippen LogP contribution in [-0.4, -0.2) is 69.4 Å². The van der Waals surface area contributed by atoms with Crippen molar-refractivity contribution in [3.8, 4) is 119 Å². The molecule has 672 valence electrons. The van der Waals surface area contributed by atoms with Gasteiger partial charge in [-0.05, 0) is 172 Å². The molecule has 3 N–H and O–H groups in total. The first-order valence-corrected chi connectivity index (χ1v) is 45.7. The molecule has 0 radical (unpaired) electrons. The van der Waals surface area contributed by atoms with Gasteiger partial charge in [0.1, 0.15) is 12.1 Å². The maximum atomic E-state index is 10.1. The van der Waals surface area contributed by atoms with E-state index in [-0.39, 0.29) is 129 Å². The molecule has 0 atom stereocenters. The van der Waals surface area contributed by atoms with E-state index in [1.807, 2.05) is 188 Å². The summed E-state index contributed by atoms with van der Waals surface area (Å²) in [4.78, 5) is 50.4. The molecule has 15 nitrogen and oxygen atoms in total. The van der Waals surface area contributed by atoms with Crippen LogP contribution in [0.2, 0.25) is 0 Å². The summed E-state index contributed by atoms with van der Waals surface area (Å²) >= 11 is 6.76. The van der Waals surface area contributed by atoms with Gasteiger partial charge in [0.05, 0.1) is 41.6 Å². The van der Waals surface area contributed by atoms with Crippen molar-refractivity contribution >= 4 is 128 Å². The number of fused-ring (bicyclic) bond motifs is 12. The molecule has 23 aromatic rings. The molecule has 0 fully saturated rings. The molecule has 24 rings (SSSR count). The molecule has 1 aliphatic carbocycles. The van der Waals surface area contributed by atoms with Gasteiger partial charge in [0.2, 0.25) is 0 Å². The number of hydrogen-bond donors (Lipinski definition) is 2. The molecule has 5 heterocycles. The number of para-hydroxylation sites is 5. The summed E-state index contributed by atoms with van der Waals surface area (Å²) in [6, 6.07) is 157. The summed E-state index contributed by atoms with van der Waals surface area (Å²) in [5.41, 5.74) is 33.5. The fourth-order valence-corrected chi connectivity index (χ4v) is 18.1. The van der Waals surface area contributed by atoms with Gasteiger partial charge in [-0.25, -0.2) is 29.9 Å². The van der Waals surface area contributed by atoms with Crippen LogP contribution < -0.4 is 114 Å². The molecule has 1 aliphatic rings. The minimum absolute atomic E-state index is 0. The number of halogens is 4. The first-order valence-electron chi connectivity index (χ1n) is 44.8. The fraction of sp³-hybridized carbons (Fsp3) is 0.0168. The van der Waals surface area contributed by atoms with Crippen LogP contribution in [0.15, 0.2) is 464 Å². The monoisotopic (exact) mass is 2020 g/mol. The zero-order valence-corrected chi connectivity index (χ0v) is 86.4. The van der Waals surface area contributed by atoms with Crippen molar-refractivity contribution < 1.29 is 130 Å². The van der Waals surface area contributed by atoms with E-state index in [1.165, 1.54) is 105 Å². The number of nitrogens with one attached hydrogen (secondary N) is 1. The Morgan fingerprint density at radius 1 is 0.336 bits per heavy atom. The topological polar surface area (TPSA) is 208 Å². The molecule has 21 heteroatoms. The Bertz CT molecular complexity index is 8180. The summed E-state index contributed by atoms with van der Waals surface area (Å²) in [5.74, 6) is 4.05. The number of rotatable bonds is 14. The summed E-state index contributed by atoms with van der Waals surface area (Å²) in [5, 5.41) is 22.9. The van der Waals surface area contributed by atoms with E-state index in [4.69, 9.17) is 47.5 Å². The zero-order chi connectivity index (χ0) is 94.6. The minimum Gasteiger partial charge on any atom is -1.00 e. The van der Waals surface area contributed by atoms with Crippen molar-refractivity contribution in [1.29, 1.82) is 5.41 Å². The van der Waals surface area contributed by atoms with Gasteiger partial charge in [0.25, 0.3) is 6.47 Å². The zero-order valence-electron chi connectivity index (χ0n) is 78.1. The first kappa shape index (κ1) is 99.4. The fourth-order valence-electron chi connectivity index (χ4n) is 17.2. The van der Waals surface area contributed by atoms with Gasteiger partial charge in [-0.1, -0.05) is 366 Å². The molecular weight excluding hydrogens is 1940 g/mol. The molecule has 0 aliphatic heterocycles. The number of benzene rings is 18. The Morgan fingerprint density at radius 3 is 1.00 bits per heavy atom. The maximum absolute atomic E-state index is 10.1. The number of aromatic nitrogens is 9. The van der Waals surface area contributed by atoms with Crippen molar-refractivity contribution in [2.45, 2.75) is 6.42 Å². The van der Waals surface area contributed by atoms with Gasteiger partial charge in [0.15, 0.2) is 34.9 Å². The van der Waals surface area contributed by atoms with E-state index in [9.17, 15) is 9.18 Å². The van der Waals surface area contributed by atoms with Crippen LogP contribution in [0.3, 0.4) is 0 Å². The quantitative estimate of drug-likeness (QED) is 0.0261. The van der Waals surface area contributed by atoms with E-state index in [0.29, 0.717) is 40.5 Å². The van der Waals surface area contributed by atoms with Gasteiger partial charge < -0.3 is 31.0 Å². The average Bonchev–Trinajstić information content (AvgIpc) is 1.59. The van der Waals surface area contributed by atoms with Gasteiger partial charge in [-0.3, -0.25) is 19.4 Å². The molecular formula is C119H87Br2ClFK2N11O4. The van der Waals surface area contributed by atoms with E-state index >= 15 is 0 Å². The number of carbonyl (C=O) groups excluding carboxylic acids is 2. The molecule has 18 aromatic carbocycles. The molecule has 0 unspecified atom stereocenters. The normalized spacial score (nSPS) is 10.8. The van der Waals surface area contributed by atoms with Gasteiger partial charge in [-0.15, -0.1) is 12.4 Å². The molecule has 0 saturated heterocycles.